The smallest absolute Gasteiger partial charge is 0.0860 e. The Morgan fingerprint density at radius 3 is 2.70 bits per heavy atom. The highest BCUT2D eigenvalue weighted by Crippen LogP contribution is 2.19. The van der Waals surface area contributed by atoms with Crippen LogP contribution in [0.3, 0.4) is 0 Å². The number of benzene rings is 1. The molecule has 0 aliphatic carbocycles. The van der Waals surface area contributed by atoms with Crippen molar-refractivity contribution < 1.29 is 5.11 Å². The molecule has 3 rings (SSSR count). The van der Waals surface area contributed by atoms with Gasteiger partial charge in [-0.1, -0.05) is 30.3 Å². The second-order valence-electron chi connectivity index (χ2n) is 4.95. The van der Waals surface area contributed by atoms with Crippen molar-refractivity contribution in [2.75, 3.05) is 0 Å². The van der Waals surface area contributed by atoms with E-state index < -0.39 is 6.10 Å². The third-order valence-electron chi connectivity index (χ3n) is 3.38. The first-order chi connectivity index (χ1) is 9.72. The molecule has 0 spiro atoms. The van der Waals surface area contributed by atoms with E-state index in [1.807, 2.05) is 55.5 Å². The summed E-state index contributed by atoms with van der Waals surface area (Å²) in [5.74, 6) is 0. The summed E-state index contributed by atoms with van der Waals surface area (Å²) in [5, 5.41) is 11.4. The van der Waals surface area contributed by atoms with E-state index >= 15 is 0 Å². The predicted octanol–water partition coefficient (Wildman–Crippen LogP) is 3.21. The first-order valence-electron chi connectivity index (χ1n) is 6.68. The largest absolute Gasteiger partial charge is 0.388 e. The number of aliphatic hydroxyl groups is 1. The zero-order chi connectivity index (χ0) is 13.9. The maximum absolute atomic E-state index is 10.3. The Kier molecular flexibility index (Phi) is 3.44. The summed E-state index contributed by atoms with van der Waals surface area (Å²) in [4.78, 5) is 8.79. The normalized spacial score (nSPS) is 12.5. The average molecular weight is 264 g/mol. The summed E-state index contributed by atoms with van der Waals surface area (Å²) in [7, 11) is 0. The van der Waals surface area contributed by atoms with Gasteiger partial charge < -0.3 is 5.11 Å². The number of nitrogens with zero attached hydrogens (tertiary/aromatic N) is 2. The Labute approximate surface area is 117 Å². The molecule has 0 radical (unpaired) electrons. The topological polar surface area (TPSA) is 46.0 Å². The quantitative estimate of drug-likeness (QED) is 0.790. The van der Waals surface area contributed by atoms with Crippen LogP contribution in [0, 0.1) is 6.92 Å². The Balaban J connectivity index is 1.83. The number of pyridine rings is 2. The number of hydrogen-bond acceptors (Lipinski definition) is 3. The molecule has 0 saturated carbocycles. The Morgan fingerprint density at radius 2 is 1.90 bits per heavy atom. The molecule has 3 nitrogen and oxygen atoms in total. The molecule has 1 N–H and O–H groups in total. The van der Waals surface area contributed by atoms with Gasteiger partial charge in [0.2, 0.25) is 0 Å². The number of hydrogen-bond donors (Lipinski definition) is 1. The van der Waals surface area contributed by atoms with Gasteiger partial charge in [-0.25, -0.2) is 0 Å². The minimum atomic E-state index is -0.572. The molecular weight excluding hydrogens is 248 g/mol. The molecule has 0 fully saturated rings. The molecule has 1 unspecified atom stereocenters. The van der Waals surface area contributed by atoms with E-state index in [1.165, 1.54) is 0 Å². The molecule has 0 aliphatic heterocycles. The molecule has 1 aromatic carbocycles. The maximum Gasteiger partial charge on any atom is 0.0860 e. The van der Waals surface area contributed by atoms with Crippen LogP contribution in [0.4, 0.5) is 0 Å². The van der Waals surface area contributed by atoms with Crippen molar-refractivity contribution in [2.24, 2.45) is 0 Å². The third-order valence-corrected chi connectivity index (χ3v) is 3.38. The minimum Gasteiger partial charge on any atom is -0.388 e. The van der Waals surface area contributed by atoms with E-state index in [1.54, 1.807) is 6.20 Å². The molecule has 0 bridgehead atoms. The number of rotatable bonds is 3. The molecule has 3 heteroatoms. The van der Waals surface area contributed by atoms with E-state index in [4.69, 9.17) is 0 Å². The lowest BCUT2D eigenvalue weighted by Gasteiger charge is -2.11. The fraction of sp³-hybridized carbons (Fsp3) is 0.176. The van der Waals surface area contributed by atoms with Crippen LogP contribution in [0.1, 0.15) is 23.1 Å². The predicted molar refractivity (Wildman–Crippen MR) is 79.4 cm³/mol. The van der Waals surface area contributed by atoms with Gasteiger partial charge in [0.25, 0.3) is 0 Å². The van der Waals surface area contributed by atoms with Crippen LogP contribution in [0.5, 0.6) is 0 Å². The average Bonchev–Trinajstić information content (AvgIpc) is 2.48. The monoisotopic (exact) mass is 264 g/mol. The van der Waals surface area contributed by atoms with Crippen LogP contribution in [0.15, 0.2) is 54.7 Å². The van der Waals surface area contributed by atoms with Gasteiger partial charge in [0.1, 0.15) is 0 Å². The van der Waals surface area contributed by atoms with Crippen molar-refractivity contribution >= 4 is 10.9 Å². The van der Waals surface area contributed by atoms with Gasteiger partial charge in [-0.15, -0.1) is 0 Å². The number of aliphatic hydroxyl groups excluding tert-OH is 1. The maximum atomic E-state index is 10.3. The van der Waals surface area contributed by atoms with E-state index in [0.29, 0.717) is 6.42 Å². The van der Waals surface area contributed by atoms with E-state index in [9.17, 15) is 5.11 Å². The van der Waals surface area contributed by atoms with Crippen LogP contribution in [0.25, 0.3) is 10.9 Å². The third kappa shape index (κ3) is 2.68. The van der Waals surface area contributed by atoms with Crippen LogP contribution in [-0.2, 0) is 6.42 Å². The van der Waals surface area contributed by atoms with Gasteiger partial charge in [-0.3, -0.25) is 9.97 Å². The highest BCUT2D eigenvalue weighted by atomic mass is 16.3. The van der Waals surface area contributed by atoms with Gasteiger partial charge in [-0.2, -0.15) is 0 Å². The van der Waals surface area contributed by atoms with Crippen molar-refractivity contribution in [3.63, 3.8) is 0 Å². The van der Waals surface area contributed by atoms with Crippen LogP contribution in [-0.4, -0.2) is 15.1 Å². The number of fused-ring (bicyclic) bond motifs is 1. The van der Waals surface area contributed by atoms with Crippen molar-refractivity contribution in [2.45, 2.75) is 19.4 Å². The summed E-state index contributed by atoms with van der Waals surface area (Å²) in [6.45, 7) is 1.93. The summed E-state index contributed by atoms with van der Waals surface area (Å²) < 4.78 is 0. The molecule has 2 aromatic heterocycles. The van der Waals surface area contributed by atoms with Crippen LogP contribution >= 0.6 is 0 Å². The molecule has 0 amide bonds. The highest BCUT2D eigenvalue weighted by Gasteiger charge is 2.10. The van der Waals surface area contributed by atoms with Gasteiger partial charge in [-0.05, 0) is 30.7 Å². The zero-order valence-electron chi connectivity index (χ0n) is 11.3. The summed E-state index contributed by atoms with van der Waals surface area (Å²) in [5.41, 5.74) is 3.62. The molecule has 20 heavy (non-hydrogen) atoms. The molecular formula is C17H16N2O. The molecule has 2 heterocycles. The fourth-order valence-corrected chi connectivity index (χ4v) is 2.21. The Morgan fingerprint density at radius 1 is 1.05 bits per heavy atom. The van der Waals surface area contributed by atoms with Crippen molar-refractivity contribution in [1.29, 1.82) is 0 Å². The van der Waals surface area contributed by atoms with E-state index in [0.717, 1.165) is 27.9 Å². The molecule has 1 atom stereocenters. The summed E-state index contributed by atoms with van der Waals surface area (Å²) >= 11 is 0. The molecule has 0 aliphatic rings. The lowest BCUT2D eigenvalue weighted by molar-refractivity contribution is 0.177. The number of para-hydroxylation sites is 1. The summed E-state index contributed by atoms with van der Waals surface area (Å²) in [6, 6.07) is 15.8. The first-order valence-corrected chi connectivity index (χ1v) is 6.68. The van der Waals surface area contributed by atoms with Gasteiger partial charge in [0.05, 0.1) is 11.6 Å². The van der Waals surface area contributed by atoms with Crippen molar-refractivity contribution in [3.8, 4) is 0 Å². The van der Waals surface area contributed by atoms with Crippen LogP contribution in [0.2, 0.25) is 0 Å². The van der Waals surface area contributed by atoms with Crippen LogP contribution < -0.4 is 0 Å². The fourth-order valence-electron chi connectivity index (χ4n) is 2.21. The highest BCUT2D eigenvalue weighted by molar-refractivity contribution is 5.78. The van der Waals surface area contributed by atoms with E-state index in [-0.39, 0.29) is 0 Å². The lowest BCUT2D eigenvalue weighted by atomic mass is 10.1. The number of aryl methyl sites for hydroxylation is 1. The first kappa shape index (κ1) is 12.8. The second kappa shape index (κ2) is 5.39. The number of aromatic nitrogens is 2. The second-order valence-corrected chi connectivity index (χ2v) is 4.95. The van der Waals surface area contributed by atoms with E-state index in [2.05, 4.69) is 9.97 Å². The Bertz CT molecular complexity index is 722. The van der Waals surface area contributed by atoms with Gasteiger partial charge in [0.15, 0.2) is 0 Å². The van der Waals surface area contributed by atoms with Gasteiger partial charge in [0, 0.05) is 29.4 Å². The zero-order valence-corrected chi connectivity index (χ0v) is 11.3. The molecule has 0 saturated heterocycles. The van der Waals surface area contributed by atoms with Crippen molar-refractivity contribution in [1.82, 2.24) is 9.97 Å². The standard InChI is InChI=1S/C17H16N2O/c1-12-6-7-14(11-18-12)17(20)10-15-9-8-13-4-2-3-5-16(13)19-15/h2-9,11,17,20H,10H2,1H3. The summed E-state index contributed by atoms with van der Waals surface area (Å²) in [6.07, 6.45) is 1.65. The molecule has 100 valence electrons. The SMILES string of the molecule is Cc1ccc(C(O)Cc2ccc3ccccc3n2)cn1. The Hall–Kier alpha value is -2.26. The molecule has 3 aromatic rings. The van der Waals surface area contributed by atoms with Crippen molar-refractivity contribution in [3.05, 3.63) is 71.7 Å². The van der Waals surface area contributed by atoms with Gasteiger partial charge >= 0.3 is 0 Å². The minimum absolute atomic E-state index is 0.496. The lowest BCUT2D eigenvalue weighted by Crippen LogP contribution is -2.04.